The van der Waals surface area contributed by atoms with Crippen molar-refractivity contribution in [3.8, 4) is 0 Å². The molecule has 0 aliphatic rings. The fourth-order valence-corrected chi connectivity index (χ4v) is 1.77. The van der Waals surface area contributed by atoms with Crippen molar-refractivity contribution < 1.29 is 4.79 Å². The molecule has 0 aliphatic heterocycles. The van der Waals surface area contributed by atoms with Gasteiger partial charge in [0.15, 0.2) is 0 Å². The van der Waals surface area contributed by atoms with E-state index in [4.69, 9.17) is 17.3 Å². The van der Waals surface area contributed by atoms with Crippen molar-refractivity contribution in [1.82, 2.24) is 0 Å². The predicted molar refractivity (Wildman–Crippen MR) is 70.5 cm³/mol. The summed E-state index contributed by atoms with van der Waals surface area (Å²) in [5, 5.41) is 0.524. The summed E-state index contributed by atoms with van der Waals surface area (Å²) in [5.41, 5.74) is 7.63. The highest BCUT2D eigenvalue weighted by molar-refractivity contribution is 6.33. The number of amides is 1. The zero-order valence-corrected chi connectivity index (χ0v) is 9.76. The van der Waals surface area contributed by atoms with Gasteiger partial charge in [-0.2, -0.15) is 0 Å². The number of benzene rings is 2. The Morgan fingerprint density at radius 1 is 1.06 bits per heavy atom. The van der Waals surface area contributed by atoms with E-state index < -0.39 is 0 Å². The maximum atomic E-state index is 11.2. The van der Waals surface area contributed by atoms with E-state index in [-0.39, 0.29) is 0 Å². The molecular weight excluding hydrogens is 236 g/mol. The van der Waals surface area contributed by atoms with E-state index >= 15 is 0 Å². The van der Waals surface area contributed by atoms with E-state index in [0.29, 0.717) is 16.4 Å². The van der Waals surface area contributed by atoms with E-state index in [0.717, 1.165) is 12.1 Å². The Morgan fingerprint density at radius 3 is 2.29 bits per heavy atom. The molecule has 1 amide bonds. The van der Waals surface area contributed by atoms with Crippen LogP contribution in [0.25, 0.3) is 0 Å². The van der Waals surface area contributed by atoms with Gasteiger partial charge in [-0.15, -0.1) is 0 Å². The molecule has 0 unspecified atom stereocenters. The molecule has 2 aromatic rings. The summed E-state index contributed by atoms with van der Waals surface area (Å²) in [5.74, 6) is 0. The molecule has 2 rings (SSSR count). The normalized spacial score (nSPS) is 9.94. The van der Waals surface area contributed by atoms with Crippen LogP contribution >= 0.6 is 11.6 Å². The van der Waals surface area contributed by atoms with Gasteiger partial charge in [-0.25, -0.2) is 0 Å². The summed E-state index contributed by atoms with van der Waals surface area (Å²) >= 11 is 6.05. The Bertz CT molecular complexity index is 525. The van der Waals surface area contributed by atoms with Crippen molar-refractivity contribution in [3.05, 3.63) is 53.6 Å². The van der Waals surface area contributed by atoms with Crippen molar-refractivity contribution in [2.75, 3.05) is 10.6 Å². The monoisotopic (exact) mass is 246 g/mol. The van der Waals surface area contributed by atoms with E-state index in [1.54, 1.807) is 36.4 Å². The number of rotatable bonds is 3. The molecule has 0 radical (unpaired) electrons. The first-order chi connectivity index (χ1) is 8.22. The third-order valence-electron chi connectivity index (χ3n) is 2.39. The van der Waals surface area contributed by atoms with E-state index in [2.05, 4.69) is 0 Å². The molecule has 86 valence electrons. The van der Waals surface area contributed by atoms with Crippen molar-refractivity contribution >= 4 is 35.1 Å². The molecule has 17 heavy (non-hydrogen) atoms. The molecule has 0 atom stereocenters. The molecule has 0 saturated carbocycles. The van der Waals surface area contributed by atoms with Crippen LogP contribution < -0.4 is 10.6 Å². The molecule has 2 N–H and O–H groups in total. The molecule has 0 saturated heterocycles. The summed E-state index contributed by atoms with van der Waals surface area (Å²) in [6.07, 6.45) is 0.729. The second-order valence-electron chi connectivity index (χ2n) is 3.52. The lowest BCUT2D eigenvalue weighted by Gasteiger charge is -2.18. The van der Waals surface area contributed by atoms with E-state index in [1.807, 2.05) is 12.1 Å². The van der Waals surface area contributed by atoms with Crippen LogP contribution in [0.1, 0.15) is 0 Å². The highest BCUT2D eigenvalue weighted by Gasteiger charge is 2.10. The lowest BCUT2D eigenvalue weighted by Crippen LogP contribution is -2.14. The maximum Gasteiger partial charge on any atom is 0.218 e. The number of anilines is 3. The highest BCUT2D eigenvalue weighted by atomic mass is 35.5. The van der Waals surface area contributed by atoms with E-state index in [9.17, 15) is 4.79 Å². The fourth-order valence-electron chi connectivity index (χ4n) is 1.54. The minimum atomic E-state index is 0.524. The summed E-state index contributed by atoms with van der Waals surface area (Å²) in [6.45, 7) is 0. The Kier molecular flexibility index (Phi) is 3.30. The minimum Gasteiger partial charge on any atom is -0.399 e. The number of hydrogen-bond donors (Lipinski definition) is 1. The van der Waals surface area contributed by atoms with Crippen LogP contribution in [0.5, 0.6) is 0 Å². The van der Waals surface area contributed by atoms with Gasteiger partial charge in [0, 0.05) is 11.4 Å². The standard InChI is InChI=1S/C13H11ClN2O/c14-12-3-1-2-4-13(12)16(9-17)11-7-5-10(15)6-8-11/h1-9H,15H2. The largest absolute Gasteiger partial charge is 0.399 e. The number of hydrogen-bond acceptors (Lipinski definition) is 2. The first-order valence-electron chi connectivity index (χ1n) is 5.07. The number of para-hydroxylation sites is 1. The highest BCUT2D eigenvalue weighted by Crippen LogP contribution is 2.30. The lowest BCUT2D eigenvalue weighted by atomic mass is 10.2. The fraction of sp³-hybridized carbons (Fsp3) is 0. The van der Waals surface area contributed by atoms with Crippen molar-refractivity contribution in [1.29, 1.82) is 0 Å². The molecule has 0 aliphatic carbocycles. The van der Waals surface area contributed by atoms with Crippen LogP contribution in [0.3, 0.4) is 0 Å². The molecule has 0 spiro atoms. The van der Waals surface area contributed by atoms with Gasteiger partial charge in [0.05, 0.1) is 10.7 Å². The van der Waals surface area contributed by atoms with Crippen molar-refractivity contribution in [3.63, 3.8) is 0 Å². The van der Waals surface area contributed by atoms with Gasteiger partial charge in [-0.3, -0.25) is 9.69 Å². The van der Waals surface area contributed by atoms with Crippen LogP contribution in [0.4, 0.5) is 17.1 Å². The predicted octanol–water partition coefficient (Wildman–Crippen LogP) is 3.22. The zero-order valence-electron chi connectivity index (χ0n) is 9.01. The Labute approximate surface area is 104 Å². The van der Waals surface area contributed by atoms with Gasteiger partial charge >= 0.3 is 0 Å². The number of carbonyl (C=O) groups excluding carboxylic acids is 1. The minimum absolute atomic E-state index is 0.524. The second-order valence-corrected chi connectivity index (χ2v) is 3.93. The summed E-state index contributed by atoms with van der Waals surface area (Å²) in [7, 11) is 0. The summed E-state index contributed by atoms with van der Waals surface area (Å²) in [4.78, 5) is 12.7. The maximum absolute atomic E-state index is 11.2. The van der Waals surface area contributed by atoms with Gasteiger partial charge < -0.3 is 5.73 Å². The second kappa shape index (κ2) is 4.89. The van der Waals surface area contributed by atoms with E-state index in [1.165, 1.54) is 4.90 Å². The summed E-state index contributed by atoms with van der Waals surface area (Å²) < 4.78 is 0. The van der Waals surface area contributed by atoms with Gasteiger partial charge in [-0.1, -0.05) is 23.7 Å². The summed E-state index contributed by atoms with van der Waals surface area (Å²) in [6, 6.07) is 14.2. The van der Waals surface area contributed by atoms with Gasteiger partial charge in [0.1, 0.15) is 0 Å². The first kappa shape index (κ1) is 11.5. The number of nitrogens with two attached hydrogens (primary N) is 1. The molecule has 0 heterocycles. The molecule has 4 heteroatoms. The van der Waals surface area contributed by atoms with Crippen LogP contribution in [0, 0.1) is 0 Å². The lowest BCUT2D eigenvalue weighted by molar-refractivity contribution is -0.106. The number of halogens is 1. The first-order valence-corrected chi connectivity index (χ1v) is 5.45. The molecule has 0 aromatic heterocycles. The van der Waals surface area contributed by atoms with Gasteiger partial charge in [0.2, 0.25) is 6.41 Å². The molecule has 0 bridgehead atoms. The average Bonchev–Trinajstić information content (AvgIpc) is 2.35. The molecule has 0 fully saturated rings. The quantitative estimate of drug-likeness (QED) is 0.668. The van der Waals surface area contributed by atoms with Crippen LogP contribution in [0.15, 0.2) is 48.5 Å². The Morgan fingerprint density at radius 2 is 1.71 bits per heavy atom. The smallest absolute Gasteiger partial charge is 0.218 e. The number of nitrogens with zero attached hydrogens (tertiary/aromatic N) is 1. The SMILES string of the molecule is Nc1ccc(N(C=O)c2ccccc2Cl)cc1. The van der Waals surface area contributed by atoms with Crippen LogP contribution in [-0.2, 0) is 4.79 Å². The van der Waals surface area contributed by atoms with Gasteiger partial charge in [-0.05, 0) is 36.4 Å². The van der Waals surface area contributed by atoms with Crippen molar-refractivity contribution in [2.45, 2.75) is 0 Å². The average molecular weight is 247 g/mol. The molecule has 3 nitrogen and oxygen atoms in total. The Hall–Kier alpha value is -2.00. The number of carbonyl (C=O) groups is 1. The number of nitrogen functional groups attached to an aromatic ring is 1. The molecular formula is C13H11ClN2O. The van der Waals surface area contributed by atoms with Gasteiger partial charge in [0.25, 0.3) is 0 Å². The molecule has 2 aromatic carbocycles. The third-order valence-corrected chi connectivity index (χ3v) is 2.71. The Balaban J connectivity index is 2.44. The third kappa shape index (κ3) is 2.40. The van der Waals surface area contributed by atoms with Crippen LogP contribution in [0.2, 0.25) is 5.02 Å². The van der Waals surface area contributed by atoms with Crippen LogP contribution in [-0.4, -0.2) is 6.41 Å². The van der Waals surface area contributed by atoms with Crippen molar-refractivity contribution in [2.24, 2.45) is 0 Å². The topological polar surface area (TPSA) is 46.3 Å². The zero-order chi connectivity index (χ0) is 12.3.